The van der Waals surface area contributed by atoms with Crippen LogP contribution in [0, 0.1) is 0 Å². The van der Waals surface area contributed by atoms with Gasteiger partial charge in [-0.1, -0.05) is 0 Å². The van der Waals surface area contributed by atoms with Crippen molar-refractivity contribution in [3.63, 3.8) is 0 Å². The number of carbonyl (C=O) groups is 1. The Balaban J connectivity index is 2.11. The topological polar surface area (TPSA) is 32.3 Å². The van der Waals surface area contributed by atoms with E-state index in [4.69, 9.17) is 0 Å². The minimum Gasteiger partial charge on any atom is -0.335 e. The molecule has 0 bridgehead atoms. The van der Waals surface area contributed by atoms with Gasteiger partial charge < -0.3 is 10.2 Å². The summed E-state index contributed by atoms with van der Waals surface area (Å²) in [4.78, 5) is 12.9. The smallest absolute Gasteiger partial charge is 0.335 e. The first-order valence-corrected chi connectivity index (χ1v) is 5.97. The van der Waals surface area contributed by atoms with E-state index in [9.17, 15) is 18.0 Å². The van der Waals surface area contributed by atoms with Crippen LogP contribution in [0.5, 0.6) is 0 Å². The Morgan fingerprint density at radius 2 is 1.94 bits per heavy atom. The average molecular weight is 264 g/mol. The van der Waals surface area contributed by atoms with Gasteiger partial charge in [0.25, 0.3) is 5.91 Å². The molecule has 0 unspecified atom stereocenters. The molecule has 1 aliphatic heterocycles. The molecule has 1 amide bonds. The molecule has 7 heteroatoms. The van der Waals surface area contributed by atoms with Gasteiger partial charge in [0, 0.05) is 26.2 Å². The number of carbonyl (C=O) groups excluding carboxylic acids is 1. The SMILES string of the molecule is O=C(c1ccc(C(F)(F)F)s1)N1CCNCC1. The van der Waals surface area contributed by atoms with Crippen LogP contribution in [-0.4, -0.2) is 37.0 Å². The van der Waals surface area contributed by atoms with E-state index < -0.39 is 11.1 Å². The molecular formula is C10H11F3N2OS. The summed E-state index contributed by atoms with van der Waals surface area (Å²) >= 11 is 0.505. The predicted molar refractivity (Wildman–Crippen MR) is 58.1 cm³/mol. The summed E-state index contributed by atoms with van der Waals surface area (Å²) < 4.78 is 37.1. The molecule has 0 atom stereocenters. The van der Waals surface area contributed by atoms with Crippen molar-refractivity contribution >= 4 is 17.2 Å². The van der Waals surface area contributed by atoms with E-state index in [1.165, 1.54) is 6.07 Å². The van der Waals surface area contributed by atoms with Crippen molar-refractivity contribution < 1.29 is 18.0 Å². The maximum atomic E-state index is 12.4. The van der Waals surface area contributed by atoms with E-state index in [0.717, 1.165) is 6.07 Å². The predicted octanol–water partition coefficient (Wildman–Crippen LogP) is 1.81. The van der Waals surface area contributed by atoms with E-state index in [2.05, 4.69) is 5.32 Å². The fraction of sp³-hybridized carbons (Fsp3) is 0.500. The standard InChI is InChI=1S/C10H11F3N2OS/c11-10(12,13)8-2-1-7(17-8)9(16)15-5-3-14-4-6-15/h1-2,14H,3-6H2. The van der Waals surface area contributed by atoms with Gasteiger partial charge in [-0.05, 0) is 12.1 Å². The van der Waals surface area contributed by atoms with Crippen molar-refractivity contribution in [1.82, 2.24) is 10.2 Å². The second-order valence-electron chi connectivity index (χ2n) is 3.70. The number of alkyl halides is 3. The molecule has 2 heterocycles. The van der Waals surface area contributed by atoms with Gasteiger partial charge in [0.15, 0.2) is 0 Å². The average Bonchev–Trinajstić information content (AvgIpc) is 2.78. The number of hydrogen-bond acceptors (Lipinski definition) is 3. The molecule has 1 fully saturated rings. The lowest BCUT2D eigenvalue weighted by atomic mass is 10.3. The number of halogens is 3. The third-order valence-corrected chi connectivity index (χ3v) is 3.62. The van der Waals surface area contributed by atoms with Gasteiger partial charge in [0.05, 0.1) is 4.88 Å². The summed E-state index contributed by atoms with van der Waals surface area (Å²) in [5, 5.41) is 3.08. The van der Waals surface area contributed by atoms with Crippen LogP contribution in [0.15, 0.2) is 12.1 Å². The zero-order chi connectivity index (χ0) is 12.5. The molecule has 1 N–H and O–H groups in total. The lowest BCUT2D eigenvalue weighted by Gasteiger charge is -2.26. The highest BCUT2D eigenvalue weighted by atomic mass is 32.1. The van der Waals surface area contributed by atoms with Gasteiger partial charge in [-0.25, -0.2) is 0 Å². The Morgan fingerprint density at radius 1 is 1.29 bits per heavy atom. The van der Waals surface area contributed by atoms with Crippen molar-refractivity contribution in [2.75, 3.05) is 26.2 Å². The van der Waals surface area contributed by atoms with Crippen LogP contribution in [0.2, 0.25) is 0 Å². The van der Waals surface area contributed by atoms with Gasteiger partial charge in [0.1, 0.15) is 4.88 Å². The molecular weight excluding hydrogens is 253 g/mol. The van der Waals surface area contributed by atoms with Crippen molar-refractivity contribution in [2.45, 2.75) is 6.18 Å². The normalized spacial score (nSPS) is 17.2. The zero-order valence-corrected chi connectivity index (χ0v) is 9.70. The summed E-state index contributed by atoms with van der Waals surface area (Å²) in [5.74, 6) is -0.313. The molecule has 1 aliphatic rings. The molecule has 94 valence electrons. The molecule has 0 aliphatic carbocycles. The van der Waals surface area contributed by atoms with Gasteiger partial charge in [-0.15, -0.1) is 11.3 Å². The molecule has 1 aromatic rings. The highest BCUT2D eigenvalue weighted by Gasteiger charge is 2.33. The molecule has 1 saturated heterocycles. The molecule has 0 radical (unpaired) electrons. The number of amides is 1. The van der Waals surface area contributed by atoms with E-state index in [1.54, 1.807) is 4.90 Å². The fourth-order valence-electron chi connectivity index (χ4n) is 1.63. The Hall–Kier alpha value is -1.08. The Labute approximate surface area is 100 Å². The summed E-state index contributed by atoms with van der Waals surface area (Å²) in [6.07, 6.45) is -4.37. The van der Waals surface area contributed by atoms with Crippen molar-refractivity contribution in [3.8, 4) is 0 Å². The van der Waals surface area contributed by atoms with Gasteiger partial charge >= 0.3 is 6.18 Å². The maximum absolute atomic E-state index is 12.4. The third kappa shape index (κ3) is 2.78. The summed E-state index contributed by atoms with van der Waals surface area (Å²) in [7, 11) is 0. The Morgan fingerprint density at radius 3 is 2.47 bits per heavy atom. The number of nitrogens with zero attached hydrogens (tertiary/aromatic N) is 1. The lowest BCUT2D eigenvalue weighted by molar-refractivity contribution is -0.134. The molecule has 2 rings (SSSR count). The highest BCUT2D eigenvalue weighted by molar-refractivity contribution is 7.14. The molecule has 1 aromatic heterocycles. The number of rotatable bonds is 1. The molecule has 0 spiro atoms. The van der Waals surface area contributed by atoms with Crippen LogP contribution < -0.4 is 5.32 Å². The van der Waals surface area contributed by atoms with Gasteiger partial charge in [-0.2, -0.15) is 13.2 Å². The van der Waals surface area contributed by atoms with Crippen molar-refractivity contribution in [3.05, 3.63) is 21.9 Å². The van der Waals surface area contributed by atoms with Crippen LogP contribution in [-0.2, 0) is 6.18 Å². The fourth-order valence-corrected chi connectivity index (χ4v) is 2.47. The van der Waals surface area contributed by atoms with E-state index in [0.29, 0.717) is 37.5 Å². The summed E-state index contributed by atoms with van der Waals surface area (Å²) in [6, 6.07) is 2.21. The first-order valence-electron chi connectivity index (χ1n) is 5.15. The Kier molecular flexibility index (Phi) is 3.39. The van der Waals surface area contributed by atoms with Gasteiger partial charge in [-0.3, -0.25) is 4.79 Å². The first-order chi connectivity index (χ1) is 7.98. The van der Waals surface area contributed by atoms with E-state index >= 15 is 0 Å². The summed E-state index contributed by atoms with van der Waals surface area (Å²) in [5.41, 5.74) is 0. The van der Waals surface area contributed by atoms with Crippen LogP contribution in [0.25, 0.3) is 0 Å². The van der Waals surface area contributed by atoms with Crippen molar-refractivity contribution in [2.24, 2.45) is 0 Å². The zero-order valence-electron chi connectivity index (χ0n) is 8.88. The number of piperazine rings is 1. The first kappa shape index (κ1) is 12.4. The molecule has 17 heavy (non-hydrogen) atoms. The second-order valence-corrected chi connectivity index (χ2v) is 4.79. The van der Waals surface area contributed by atoms with Crippen LogP contribution >= 0.6 is 11.3 Å². The molecule has 0 saturated carbocycles. The summed E-state index contributed by atoms with van der Waals surface area (Å²) in [6.45, 7) is 2.45. The number of thiophene rings is 1. The monoisotopic (exact) mass is 264 g/mol. The highest BCUT2D eigenvalue weighted by Crippen LogP contribution is 2.34. The number of hydrogen-bond donors (Lipinski definition) is 1. The largest absolute Gasteiger partial charge is 0.425 e. The van der Waals surface area contributed by atoms with Crippen molar-refractivity contribution in [1.29, 1.82) is 0 Å². The minimum atomic E-state index is -4.37. The van der Waals surface area contributed by atoms with Crippen LogP contribution in [0.1, 0.15) is 14.5 Å². The van der Waals surface area contributed by atoms with E-state index in [-0.39, 0.29) is 10.8 Å². The minimum absolute atomic E-state index is 0.152. The van der Waals surface area contributed by atoms with E-state index in [1.807, 2.05) is 0 Å². The maximum Gasteiger partial charge on any atom is 0.425 e. The van der Waals surface area contributed by atoms with Crippen LogP contribution in [0.4, 0.5) is 13.2 Å². The van der Waals surface area contributed by atoms with Gasteiger partial charge in [0.2, 0.25) is 0 Å². The second kappa shape index (κ2) is 4.66. The lowest BCUT2D eigenvalue weighted by Crippen LogP contribution is -2.46. The van der Waals surface area contributed by atoms with Crippen LogP contribution in [0.3, 0.4) is 0 Å². The molecule has 0 aromatic carbocycles. The Bertz CT molecular complexity index is 410. The molecule has 3 nitrogen and oxygen atoms in total. The quantitative estimate of drug-likeness (QED) is 0.839. The number of nitrogens with one attached hydrogen (secondary N) is 1. The third-order valence-electron chi connectivity index (χ3n) is 2.50.